The number of sulfonamides is 1. The molecule has 10 nitrogen and oxygen atoms in total. The van der Waals surface area contributed by atoms with E-state index in [0.717, 1.165) is 4.31 Å². The Balaban J connectivity index is 1.77. The van der Waals surface area contributed by atoms with E-state index in [-0.39, 0.29) is 29.1 Å². The second kappa shape index (κ2) is 8.47. The number of aromatic nitrogens is 2. The van der Waals surface area contributed by atoms with Gasteiger partial charge in [0, 0.05) is 33.2 Å². The zero-order valence-electron chi connectivity index (χ0n) is 16.9. The van der Waals surface area contributed by atoms with E-state index in [0.29, 0.717) is 43.1 Å². The Bertz CT molecular complexity index is 975. The van der Waals surface area contributed by atoms with Crippen LogP contribution in [0.5, 0.6) is 5.75 Å². The lowest BCUT2D eigenvalue weighted by Gasteiger charge is -2.25. The van der Waals surface area contributed by atoms with Gasteiger partial charge in [0.05, 0.1) is 18.6 Å². The smallest absolute Gasteiger partial charge is 0.311 e. The molecule has 0 atom stereocenters. The van der Waals surface area contributed by atoms with E-state index in [4.69, 9.17) is 9.15 Å². The van der Waals surface area contributed by atoms with Gasteiger partial charge in [-0.1, -0.05) is 0 Å². The number of aryl methyl sites for hydroxylation is 2. The largest absolute Gasteiger partial charge is 0.497 e. The van der Waals surface area contributed by atoms with E-state index < -0.39 is 10.0 Å². The van der Waals surface area contributed by atoms with Crippen LogP contribution in [-0.2, 0) is 16.6 Å². The summed E-state index contributed by atoms with van der Waals surface area (Å²) in [5.74, 6) is 0.162. The van der Waals surface area contributed by atoms with E-state index in [1.165, 1.54) is 14.2 Å². The Morgan fingerprint density at radius 2 is 1.86 bits per heavy atom. The van der Waals surface area contributed by atoms with Crippen LogP contribution in [-0.4, -0.2) is 74.1 Å². The van der Waals surface area contributed by atoms with Crippen molar-refractivity contribution in [3.05, 3.63) is 35.0 Å². The highest BCUT2D eigenvalue weighted by Gasteiger charge is 2.28. The van der Waals surface area contributed by atoms with Gasteiger partial charge < -0.3 is 19.4 Å². The molecule has 1 aliphatic heterocycles. The SMILES string of the molecule is COc1cc(C)c(S(=O)(=O)N(C)Cc2nnc(C(=O)N3CCNCC3)o2)c(C)c1. The van der Waals surface area contributed by atoms with Crippen molar-refractivity contribution >= 4 is 15.9 Å². The monoisotopic (exact) mass is 423 g/mol. The standard InChI is InChI=1S/C18H25N5O5S/c1-12-9-14(27-4)10-13(2)16(12)29(25,26)22(3)11-15-20-21-17(28-15)18(24)23-7-5-19-6-8-23/h9-10,19H,5-8,11H2,1-4H3. The van der Waals surface area contributed by atoms with Crippen LogP contribution in [0, 0.1) is 13.8 Å². The molecule has 3 rings (SSSR count). The highest BCUT2D eigenvalue weighted by atomic mass is 32.2. The lowest BCUT2D eigenvalue weighted by molar-refractivity contribution is 0.0693. The van der Waals surface area contributed by atoms with Gasteiger partial charge in [-0.05, 0) is 37.1 Å². The minimum absolute atomic E-state index is 0.0541. The number of rotatable bonds is 6. The molecule has 1 aromatic carbocycles. The minimum Gasteiger partial charge on any atom is -0.497 e. The van der Waals surface area contributed by atoms with Crippen molar-refractivity contribution in [3.8, 4) is 5.75 Å². The first-order valence-electron chi connectivity index (χ1n) is 9.18. The fourth-order valence-corrected chi connectivity index (χ4v) is 4.80. The Kier molecular flexibility index (Phi) is 6.20. The number of carbonyl (C=O) groups is 1. The van der Waals surface area contributed by atoms with Crippen molar-refractivity contribution in [1.29, 1.82) is 0 Å². The first-order valence-corrected chi connectivity index (χ1v) is 10.6. The number of nitrogens with zero attached hydrogens (tertiary/aromatic N) is 4. The molecule has 1 N–H and O–H groups in total. The summed E-state index contributed by atoms with van der Waals surface area (Å²) in [6.07, 6.45) is 0. The van der Waals surface area contributed by atoms with Crippen molar-refractivity contribution < 1.29 is 22.4 Å². The topological polar surface area (TPSA) is 118 Å². The first-order chi connectivity index (χ1) is 13.7. The molecule has 11 heteroatoms. The second-order valence-electron chi connectivity index (χ2n) is 6.89. The van der Waals surface area contributed by atoms with Gasteiger partial charge in [0.25, 0.3) is 0 Å². The molecule has 1 aliphatic rings. The molecule has 158 valence electrons. The van der Waals surface area contributed by atoms with Crippen molar-refractivity contribution in [2.45, 2.75) is 25.3 Å². The zero-order chi connectivity index (χ0) is 21.2. The lowest BCUT2D eigenvalue weighted by atomic mass is 10.1. The molecule has 1 fully saturated rings. The summed E-state index contributed by atoms with van der Waals surface area (Å²) in [7, 11) is -0.846. The molecule has 0 unspecified atom stereocenters. The average Bonchev–Trinajstić information content (AvgIpc) is 3.15. The fraction of sp³-hybridized carbons (Fsp3) is 0.500. The Labute approximate surface area is 169 Å². The van der Waals surface area contributed by atoms with Crippen molar-refractivity contribution in [3.63, 3.8) is 0 Å². The van der Waals surface area contributed by atoms with Crippen LogP contribution < -0.4 is 10.1 Å². The molecule has 0 aliphatic carbocycles. The molecule has 29 heavy (non-hydrogen) atoms. The lowest BCUT2D eigenvalue weighted by Crippen LogP contribution is -2.46. The average molecular weight is 423 g/mol. The normalized spacial score (nSPS) is 15.0. The summed E-state index contributed by atoms with van der Waals surface area (Å²) in [4.78, 5) is 14.3. The Hall–Kier alpha value is -2.50. The van der Waals surface area contributed by atoms with Gasteiger partial charge in [0.2, 0.25) is 15.9 Å². The number of ether oxygens (including phenoxy) is 1. The van der Waals surface area contributed by atoms with Gasteiger partial charge in [-0.25, -0.2) is 8.42 Å². The van der Waals surface area contributed by atoms with Crippen molar-refractivity contribution in [2.75, 3.05) is 40.3 Å². The molecule has 0 radical (unpaired) electrons. The number of hydrogen-bond donors (Lipinski definition) is 1. The molecule has 1 saturated heterocycles. The second-order valence-corrected chi connectivity index (χ2v) is 8.88. The summed E-state index contributed by atoms with van der Waals surface area (Å²) in [6.45, 7) is 5.81. The predicted molar refractivity (Wildman–Crippen MR) is 104 cm³/mol. The van der Waals surface area contributed by atoms with E-state index in [2.05, 4.69) is 15.5 Å². The third-order valence-corrected chi connectivity index (χ3v) is 6.86. The van der Waals surface area contributed by atoms with E-state index in [9.17, 15) is 13.2 Å². The van der Waals surface area contributed by atoms with Crippen LogP contribution in [0.25, 0.3) is 0 Å². The van der Waals surface area contributed by atoms with Crippen LogP contribution in [0.2, 0.25) is 0 Å². The van der Waals surface area contributed by atoms with Crippen molar-refractivity contribution in [2.24, 2.45) is 0 Å². The maximum Gasteiger partial charge on any atom is 0.311 e. The molecule has 2 heterocycles. The molecule has 2 aromatic rings. The summed E-state index contributed by atoms with van der Waals surface area (Å²) in [6, 6.07) is 3.34. The van der Waals surface area contributed by atoms with Gasteiger partial charge >= 0.3 is 11.8 Å². The van der Waals surface area contributed by atoms with Crippen molar-refractivity contribution in [1.82, 2.24) is 24.7 Å². The predicted octanol–water partition coefficient (Wildman–Crippen LogP) is 0.561. The zero-order valence-corrected chi connectivity index (χ0v) is 17.7. The molecular weight excluding hydrogens is 398 g/mol. The van der Waals surface area contributed by atoms with Gasteiger partial charge in [-0.2, -0.15) is 4.31 Å². The van der Waals surface area contributed by atoms with Crippen LogP contribution in [0.3, 0.4) is 0 Å². The first kappa shape index (κ1) is 21.2. The highest BCUT2D eigenvalue weighted by Crippen LogP contribution is 2.28. The Morgan fingerprint density at radius 1 is 1.24 bits per heavy atom. The quantitative estimate of drug-likeness (QED) is 0.716. The maximum atomic E-state index is 13.1. The van der Waals surface area contributed by atoms with E-state index >= 15 is 0 Å². The number of nitrogens with one attached hydrogen (secondary N) is 1. The minimum atomic E-state index is -3.81. The number of hydrogen-bond acceptors (Lipinski definition) is 8. The maximum absolute atomic E-state index is 13.1. The third kappa shape index (κ3) is 4.41. The molecule has 0 bridgehead atoms. The number of carbonyl (C=O) groups excluding carboxylic acids is 1. The third-order valence-electron chi connectivity index (χ3n) is 4.75. The van der Waals surface area contributed by atoms with Gasteiger partial charge in [0.15, 0.2) is 0 Å². The molecule has 0 spiro atoms. The van der Waals surface area contributed by atoms with Gasteiger partial charge in [-0.15, -0.1) is 10.2 Å². The fourth-order valence-electron chi connectivity index (χ4n) is 3.27. The molecule has 0 saturated carbocycles. The van der Waals surface area contributed by atoms with Gasteiger partial charge in [0.1, 0.15) is 5.75 Å². The van der Waals surface area contributed by atoms with Crippen LogP contribution in [0.15, 0.2) is 21.4 Å². The number of methoxy groups -OCH3 is 1. The summed E-state index contributed by atoms with van der Waals surface area (Å²) >= 11 is 0. The van der Waals surface area contributed by atoms with Crippen LogP contribution in [0.1, 0.15) is 27.7 Å². The van der Waals surface area contributed by atoms with Crippen LogP contribution >= 0.6 is 0 Å². The molecular formula is C18H25N5O5S. The summed E-state index contributed by atoms with van der Waals surface area (Å²) < 4.78 is 37.9. The number of benzene rings is 1. The summed E-state index contributed by atoms with van der Waals surface area (Å²) in [5.41, 5.74) is 1.16. The van der Waals surface area contributed by atoms with E-state index in [1.54, 1.807) is 30.9 Å². The van der Waals surface area contributed by atoms with Crippen LogP contribution in [0.4, 0.5) is 0 Å². The number of amides is 1. The summed E-state index contributed by atoms with van der Waals surface area (Å²) in [5, 5.41) is 10.8. The Morgan fingerprint density at radius 3 is 2.45 bits per heavy atom. The molecule has 1 amide bonds. The highest BCUT2D eigenvalue weighted by molar-refractivity contribution is 7.89. The molecule has 1 aromatic heterocycles. The van der Waals surface area contributed by atoms with Gasteiger partial charge in [-0.3, -0.25) is 4.79 Å². The van der Waals surface area contributed by atoms with E-state index in [1.807, 2.05) is 0 Å². The number of piperazine rings is 1.